The third-order valence-corrected chi connectivity index (χ3v) is 5.98. The molecule has 2 atom stereocenters. The summed E-state index contributed by atoms with van der Waals surface area (Å²) in [5, 5.41) is 17.2. The van der Waals surface area contributed by atoms with E-state index >= 15 is 0 Å². The molecule has 0 unspecified atom stereocenters. The molecule has 8 nitrogen and oxygen atoms in total. The molecule has 1 heterocycles. The molecule has 1 fully saturated rings. The number of hydrogen-bond acceptors (Lipinski definition) is 6. The van der Waals surface area contributed by atoms with Gasteiger partial charge in [0.2, 0.25) is 0 Å². The van der Waals surface area contributed by atoms with Gasteiger partial charge in [-0.2, -0.15) is 0 Å². The fourth-order valence-corrected chi connectivity index (χ4v) is 4.08. The highest BCUT2D eigenvalue weighted by molar-refractivity contribution is 6.27. The average Bonchev–Trinajstić information content (AvgIpc) is 3.35. The molecule has 1 aliphatic rings. The van der Waals surface area contributed by atoms with E-state index in [1.165, 1.54) is 16.3 Å². The van der Waals surface area contributed by atoms with E-state index in [0.717, 1.165) is 45.5 Å². The van der Waals surface area contributed by atoms with Crippen LogP contribution in [0.25, 0.3) is 10.8 Å². The smallest absolute Gasteiger partial charge is 0.414 e. The summed E-state index contributed by atoms with van der Waals surface area (Å²) in [6, 6.07) is 14.7. The third kappa shape index (κ3) is 8.76. The number of esters is 1. The van der Waals surface area contributed by atoms with Crippen molar-refractivity contribution >= 4 is 28.7 Å². The molecule has 3 rings (SSSR count). The second-order valence-electron chi connectivity index (χ2n) is 8.21. The Balaban J connectivity index is 0.000000604. The predicted octanol–water partition coefficient (Wildman–Crippen LogP) is 3.61. The van der Waals surface area contributed by atoms with Crippen molar-refractivity contribution in [2.45, 2.75) is 45.6 Å². The van der Waals surface area contributed by atoms with Crippen LogP contribution >= 0.6 is 0 Å². The number of carbonyl (C=O) groups is 3. The van der Waals surface area contributed by atoms with Crippen LogP contribution in [0.3, 0.4) is 0 Å². The lowest BCUT2D eigenvalue weighted by atomic mass is 9.90. The van der Waals surface area contributed by atoms with E-state index in [2.05, 4.69) is 61.2 Å². The van der Waals surface area contributed by atoms with Crippen LogP contribution in [-0.2, 0) is 30.3 Å². The number of benzene rings is 2. The van der Waals surface area contributed by atoms with Gasteiger partial charge >= 0.3 is 17.9 Å². The van der Waals surface area contributed by atoms with Crippen molar-refractivity contribution < 1.29 is 34.1 Å². The maximum atomic E-state index is 12.9. The number of ether oxygens (including phenoxy) is 2. The molecule has 0 aromatic heterocycles. The molecule has 0 amide bonds. The van der Waals surface area contributed by atoms with Gasteiger partial charge in [-0.05, 0) is 55.1 Å². The molecule has 34 heavy (non-hydrogen) atoms. The van der Waals surface area contributed by atoms with Gasteiger partial charge in [-0.3, -0.25) is 4.79 Å². The van der Waals surface area contributed by atoms with Gasteiger partial charge in [-0.15, -0.1) is 0 Å². The number of aliphatic carboxylic acids is 2. The summed E-state index contributed by atoms with van der Waals surface area (Å²) in [5.41, 5.74) is 1.21. The molecule has 0 saturated carbocycles. The number of fused-ring (bicyclic) bond motifs is 1. The second-order valence-corrected chi connectivity index (χ2v) is 8.21. The molecule has 1 saturated heterocycles. The minimum absolute atomic E-state index is 0.0874. The summed E-state index contributed by atoms with van der Waals surface area (Å²) in [7, 11) is 0. The Morgan fingerprint density at radius 3 is 2.35 bits per heavy atom. The standard InChI is InChI=1S/C24H33NO3.C2H2O4/c1-3-25(4-2)14-16-28-24(26)21(18-22-12-8-15-27-22)17-20-11-7-10-19-9-5-6-13-23(19)20;3-1(4)2(5)6/h5-7,9-11,13,21-22H,3-4,8,12,14-18H2,1-2H3;(H,3,4)(H,5,6)/t21-,22-;/m1./s1. The van der Waals surface area contributed by atoms with E-state index in [4.69, 9.17) is 29.3 Å². The zero-order valence-electron chi connectivity index (χ0n) is 19.9. The highest BCUT2D eigenvalue weighted by Crippen LogP contribution is 2.27. The van der Waals surface area contributed by atoms with Crippen LogP contribution < -0.4 is 0 Å². The Morgan fingerprint density at radius 1 is 1.06 bits per heavy atom. The van der Waals surface area contributed by atoms with E-state index in [0.29, 0.717) is 13.0 Å². The van der Waals surface area contributed by atoms with Crippen LogP contribution in [0, 0.1) is 5.92 Å². The second kappa shape index (κ2) is 14.3. The van der Waals surface area contributed by atoms with Gasteiger partial charge in [0.05, 0.1) is 12.0 Å². The maximum Gasteiger partial charge on any atom is 0.414 e. The van der Waals surface area contributed by atoms with Gasteiger partial charge in [-0.1, -0.05) is 56.3 Å². The first kappa shape index (κ1) is 27.3. The molecular formula is C26H35NO7. The number of nitrogens with zero attached hydrogens (tertiary/aromatic N) is 1. The van der Waals surface area contributed by atoms with Gasteiger partial charge in [-0.25, -0.2) is 9.59 Å². The quantitative estimate of drug-likeness (QED) is 0.397. The Labute approximate surface area is 200 Å². The normalized spacial score (nSPS) is 16.0. The fourth-order valence-electron chi connectivity index (χ4n) is 4.08. The molecule has 186 valence electrons. The van der Waals surface area contributed by atoms with Crippen LogP contribution in [0.2, 0.25) is 0 Å². The molecule has 8 heteroatoms. The lowest BCUT2D eigenvalue weighted by Gasteiger charge is -2.22. The van der Waals surface area contributed by atoms with Crippen molar-refractivity contribution in [3.05, 3.63) is 48.0 Å². The number of likely N-dealkylation sites (N-methyl/N-ethyl adjacent to an activating group) is 1. The molecule has 2 aromatic rings. The topological polar surface area (TPSA) is 113 Å². The van der Waals surface area contributed by atoms with Gasteiger partial charge in [0.1, 0.15) is 6.61 Å². The van der Waals surface area contributed by atoms with Crippen molar-refractivity contribution in [1.82, 2.24) is 4.90 Å². The molecule has 0 aliphatic carbocycles. The number of rotatable bonds is 10. The van der Waals surface area contributed by atoms with E-state index in [-0.39, 0.29) is 18.0 Å². The van der Waals surface area contributed by atoms with E-state index < -0.39 is 11.9 Å². The zero-order chi connectivity index (χ0) is 24.9. The summed E-state index contributed by atoms with van der Waals surface area (Å²) in [5.74, 6) is -3.90. The van der Waals surface area contributed by atoms with Crippen molar-refractivity contribution in [2.75, 3.05) is 32.8 Å². The van der Waals surface area contributed by atoms with Crippen LogP contribution in [0.4, 0.5) is 0 Å². The van der Waals surface area contributed by atoms with Crippen molar-refractivity contribution in [3.63, 3.8) is 0 Å². The molecule has 0 spiro atoms. The van der Waals surface area contributed by atoms with Crippen molar-refractivity contribution in [1.29, 1.82) is 0 Å². The highest BCUT2D eigenvalue weighted by Gasteiger charge is 2.27. The van der Waals surface area contributed by atoms with Crippen LogP contribution in [0.5, 0.6) is 0 Å². The summed E-state index contributed by atoms with van der Waals surface area (Å²) in [4.78, 5) is 33.4. The van der Waals surface area contributed by atoms with E-state index in [9.17, 15) is 4.79 Å². The Kier molecular flexibility index (Phi) is 11.5. The lowest BCUT2D eigenvalue weighted by molar-refractivity contribution is -0.159. The van der Waals surface area contributed by atoms with E-state index in [1.807, 2.05) is 0 Å². The van der Waals surface area contributed by atoms with Crippen molar-refractivity contribution in [2.24, 2.45) is 5.92 Å². The fraction of sp³-hybridized carbons (Fsp3) is 0.500. The van der Waals surface area contributed by atoms with Gasteiger partial charge in [0.25, 0.3) is 0 Å². The molecule has 0 radical (unpaired) electrons. The summed E-state index contributed by atoms with van der Waals surface area (Å²) >= 11 is 0. The maximum absolute atomic E-state index is 12.9. The molecule has 1 aliphatic heterocycles. The number of carbonyl (C=O) groups excluding carboxylic acids is 1. The van der Waals surface area contributed by atoms with Gasteiger partial charge < -0.3 is 24.6 Å². The minimum Gasteiger partial charge on any atom is -0.473 e. The first-order valence-electron chi connectivity index (χ1n) is 11.8. The molecule has 2 aromatic carbocycles. The number of hydrogen-bond donors (Lipinski definition) is 2. The first-order chi connectivity index (χ1) is 16.3. The number of carboxylic acid groups (broad SMARTS) is 2. The molecular weight excluding hydrogens is 438 g/mol. The molecule has 0 bridgehead atoms. The van der Waals surface area contributed by atoms with Crippen LogP contribution in [-0.4, -0.2) is 72.0 Å². The zero-order valence-corrected chi connectivity index (χ0v) is 19.9. The third-order valence-electron chi connectivity index (χ3n) is 5.98. The Bertz CT molecular complexity index is 918. The summed E-state index contributed by atoms with van der Waals surface area (Å²) in [6.07, 6.45) is 3.75. The monoisotopic (exact) mass is 473 g/mol. The van der Waals surface area contributed by atoms with Crippen molar-refractivity contribution in [3.8, 4) is 0 Å². The minimum atomic E-state index is -1.82. The first-order valence-corrected chi connectivity index (χ1v) is 11.8. The summed E-state index contributed by atoms with van der Waals surface area (Å²) in [6.45, 7) is 8.27. The Morgan fingerprint density at radius 2 is 1.74 bits per heavy atom. The van der Waals surface area contributed by atoms with Gasteiger partial charge in [0.15, 0.2) is 0 Å². The lowest BCUT2D eigenvalue weighted by Crippen LogP contribution is -2.30. The van der Waals surface area contributed by atoms with Crippen LogP contribution in [0.15, 0.2) is 42.5 Å². The Hall–Kier alpha value is -2.97. The van der Waals surface area contributed by atoms with Crippen LogP contribution in [0.1, 0.15) is 38.7 Å². The van der Waals surface area contributed by atoms with E-state index in [1.54, 1.807) is 0 Å². The average molecular weight is 474 g/mol. The SMILES string of the molecule is CCN(CC)CCOC(=O)[C@H](Cc1cccc2ccccc12)C[C@H]1CCCO1.O=C(O)C(=O)O. The largest absolute Gasteiger partial charge is 0.473 e. The number of carboxylic acids is 2. The predicted molar refractivity (Wildman–Crippen MR) is 129 cm³/mol. The highest BCUT2D eigenvalue weighted by atomic mass is 16.5. The summed E-state index contributed by atoms with van der Waals surface area (Å²) < 4.78 is 11.5. The molecule has 2 N–H and O–H groups in total. The van der Waals surface area contributed by atoms with Gasteiger partial charge in [0, 0.05) is 13.2 Å².